The monoisotopic (exact) mass is 424 g/mol. The lowest BCUT2D eigenvalue weighted by Crippen LogP contribution is -2.50. The van der Waals surface area contributed by atoms with Crippen LogP contribution in [-0.2, 0) is 0 Å². The summed E-state index contributed by atoms with van der Waals surface area (Å²) in [5.41, 5.74) is 3.75. The van der Waals surface area contributed by atoms with E-state index in [1.807, 2.05) is 0 Å². The average Bonchev–Trinajstić information content (AvgIpc) is 3.05. The van der Waals surface area contributed by atoms with E-state index in [1.165, 1.54) is 44.1 Å². The van der Waals surface area contributed by atoms with Gasteiger partial charge in [0.25, 0.3) is 0 Å². The Morgan fingerprint density at radius 2 is 1.81 bits per heavy atom. The number of aliphatic hydroxyl groups is 1. The average molecular weight is 425 g/mol. The molecule has 2 unspecified atom stereocenters. The third-order valence-electron chi connectivity index (χ3n) is 10.7. The van der Waals surface area contributed by atoms with Gasteiger partial charge >= 0.3 is 0 Å². The van der Waals surface area contributed by atoms with Crippen LogP contribution in [0.2, 0.25) is 0 Å². The van der Waals surface area contributed by atoms with Crippen molar-refractivity contribution in [1.82, 2.24) is 0 Å². The maximum absolute atomic E-state index is 10.3. The molecular formula is C30H48O. The molecule has 0 amide bonds. The van der Waals surface area contributed by atoms with Crippen molar-refractivity contribution >= 4 is 0 Å². The fourth-order valence-electron chi connectivity index (χ4n) is 8.93. The molecule has 31 heavy (non-hydrogen) atoms. The third kappa shape index (κ3) is 3.92. The number of allylic oxidation sites excluding steroid dienone is 4. The van der Waals surface area contributed by atoms with Gasteiger partial charge in [0.05, 0.1) is 6.10 Å². The topological polar surface area (TPSA) is 20.2 Å². The van der Waals surface area contributed by atoms with Crippen molar-refractivity contribution in [3.05, 3.63) is 36.0 Å². The second-order valence-corrected chi connectivity index (χ2v) is 12.7. The molecule has 0 heterocycles. The van der Waals surface area contributed by atoms with Crippen LogP contribution in [0.15, 0.2) is 36.0 Å². The second-order valence-electron chi connectivity index (χ2n) is 12.7. The summed E-state index contributed by atoms with van der Waals surface area (Å²) in [5, 5.41) is 10.3. The summed E-state index contributed by atoms with van der Waals surface area (Å²) in [6, 6.07) is 0. The Labute approximate surface area is 192 Å². The predicted molar refractivity (Wildman–Crippen MR) is 133 cm³/mol. The highest BCUT2D eigenvalue weighted by molar-refractivity contribution is 5.25. The largest absolute Gasteiger partial charge is 0.393 e. The van der Waals surface area contributed by atoms with Crippen molar-refractivity contribution in [1.29, 1.82) is 0 Å². The summed E-state index contributed by atoms with van der Waals surface area (Å²) in [4.78, 5) is 0. The molecule has 4 aliphatic rings. The van der Waals surface area contributed by atoms with E-state index in [-0.39, 0.29) is 6.10 Å². The van der Waals surface area contributed by atoms with E-state index in [0.717, 1.165) is 36.5 Å². The van der Waals surface area contributed by atoms with E-state index in [4.69, 9.17) is 0 Å². The highest BCUT2D eigenvalue weighted by atomic mass is 16.3. The van der Waals surface area contributed by atoms with Gasteiger partial charge in [0.2, 0.25) is 0 Å². The van der Waals surface area contributed by atoms with E-state index >= 15 is 0 Å². The lowest BCUT2D eigenvalue weighted by molar-refractivity contribution is -0.0540. The summed E-state index contributed by atoms with van der Waals surface area (Å²) in [6.45, 7) is 18.8. The van der Waals surface area contributed by atoms with Gasteiger partial charge < -0.3 is 5.11 Å². The quantitative estimate of drug-likeness (QED) is 0.444. The fraction of sp³-hybridized carbons (Fsp3) is 0.800. The van der Waals surface area contributed by atoms with Gasteiger partial charge in [-0.05, 0) is 111 Å². The van der Waals surface area contributed by atoms with E-state index in [2.05, 4.69) is 66.3 Å². The number of rotatable bonds is 5. The molecule has 0 aliphatic heterocycles. The van der Waals surface area contributed by atoms with Crippen LogP contribution in [0.3, 0.4) is 0 Å². The molecule has 3 fully saturated rings. The molecule has 9 atom stereocenters. The molecule has 1 N–H and O–H groups in total. The van der Waals surface area contributed by atoms with Gasteiger partial charge in [-0.2, -0.15) is 0 Å². The molecule has 174 valence electrons. The van der Waals surface area contributed by atoms with Gasteiger partial charge in [-0.3, -0.25) is 0 Å². The summed E-state index contributed by atoms with van der Waals surface area (Å²) in [5.74, 6) is 5.20. The maximum Gasteiger partial charge on any atom is 0.0577 e. The van der Waals surface area contributed by atoms with Gasteiger partial charge in [-0.1, -0.05) is 70.6 Å². The molecule has 0 spiro atoms. The smallest absolute Gasteiger partial charge is 0.0577 e. The van der Waals surface area contributed by atoms with Gasteiger partial charge in [-0.15, -0.1) is 0 Å². The highest BCUT2D eigenvalue weighted by Crippen LogP contribution is 2.67. The fourth-order valence-corrected chi connectivity index (χ4v) is 8.93. The SMILES string of the molecule is C=C(C)C(/C=C/C(C)[C@H]1CC[C@H]2[C@@H]3CC=C4C[C@@H](O)CC[C@]4(C)[C@H]3CC[C@]12C)C(C)C. The van der Waals surface area contributed by atoms with Crippen LogP contribution in [0.25, 0.3) is 0 Å². The van der Waals surface area contributed by atoms with E-state index in [9.17, 15) is 5.11 Å². The Morgan fingerprint density at radius 1 is 1.06 bits per heavy atom. The maximum atomic E-state index is 10.3. The number of fused-ring (bicyclic) bond motifs is 5. The number of hydrogen-bond donors (Lipinski definition) is 1. The Bertz CT molecular complexity index is 744. The summed E-state index contributed by atoms with van der Waals surface area (Å²) >= 11 is 0. The van der Waals surface area contributed by atoms with Gasteiger partial charge in [-0.25, -0.2) is 0 Å². The first kappa shape index (κ1) is 23.3. The summed E-state index contributed by atoms with van der Waals surface area (Å²) < 4.78 is 0. The standard InChI is InChI=1S/C30H48O/c1-19(2)24(20(3)4)10-8-21(5)26-12-13-27-25-11-9-22-18-23(31)14-16-29(22,6)28(25)15-17-30(26,27)7/h8-10,20-21,23-28,31H,1,11-18H2,2-7H3/b10-8+/t21?,23-,24?,25-,26+,27-,28-,29-,30+/m0/s1. The van der Waals surface area contributed by atoms with Crippen LogP contribution in [0.5, 0.6) is 0 Å². The van der Waals surface area contributed by atoms with Crippen molar-refractivity contribution in [2.75, 3.05) is 0 Å². The van der Waals surface area contributed by atoms with Crippen molar-refractivity contribution < 1.29 is 5.11 Å². The van der Waals surface area contributed by atoms with Gasteiger partial charge in [0, 0.05) is 0 Å². The molecule has 1 nitrogen and oxygen atoms in total. The lowest BCUT2D eigenvalue weighted by Gasteiger charge is -2.58. The first-order chi connectivity index (χ1) is 14.6. The lowest BCUT2D eigenvalue weighted by atomic mass is 9.47. The minimum absolute atomic E-state index is 0.0953. The normalized spacial score (nSPS) is 44.4. The molecule has 0 aromatic rings. The van der Waals surface area contributed by atoms with Crippen LogP contribution >= 0.6 is 0 Å². The van der Waals surface area contributed by atoms with Crippen molar-refractivity contribution in [2.45, 2.75) is 99.0 Å². The second kappa shape index (κ2) is 8.51. The Hall–Kier alpha value is -0.820. The Kier molecular flexibility index (Phi) is 6.41. The van der Waals surface area contributed by atoms with Crippen molar-refractivity contribution in [3.8, 4) is 0 Å². The zero-order valence-corrected chi connectivity index (χ0v) is 21.2. The minimum Gasteiger partial charge on any atom is -0.393 e. The molecule has 0 bridgehead atoms. The first-order valence-electron chi connectivity index (χ1n) is 13.3. The molecular weight excluding hydrogens is 376 g/mol. The molecule has 0 saturated heterocycles. The van der Waals surface area contributed by atoms with Gasteiger partial charge in [0.15, 0.2) is 0 Å². The molecule has 1 heteroatoms. The number of hydrogen-bond acceptors (Lipinski definition) is 1. The Balaban J connectivity index is 1.52. The first-order valence-corrected chi connectivity index (χ1v) is 13.3. The van der Waals surface area contributed by atoms with E-state index < -0.39 is 0 Å². The van der Waals surface area contributed by atoms with Crippen LogP contribution in [0.4, 0.5) is 0 Å². The predicted octanol–water partition coefficient (Wildman–Crippen LogP) is 7.97. The zero-order chi connectivity index (χ0) is 22.6. The van der Waals surface area contributed by atoms with E-state index in [0.29, 0.717) is 28.6 Å². The molecule has 4 rings (SSSR count). The van der Waals surface area contributed by atoms with Crippen molar-refractivity contribution in [2.24, 2.45) is 52.3 Å². The summed E-state index contributed by atoms with van der Waals surface area (Å²) in [6.07, 6.45) is 17.5. The summed E-state index contributed by atoms with van der Waals surface area (Å²) in [7, 11) is 0. The van der Waals surface area contributed by atoms with Crippen molar-refractivity contribution in [3.63, 3.8) is 0 Å². The van der Waals surface area contributed by atoms with Crippen LogP contribution in [-0.4, -0.2) is 11.2 Å². The van der Waals surface area contributed by atoms with Crippen LogP contribution in [0, 0.1) is 52.3 Å². The molecule has 4 aliphatic carbocycles. The molecule has 0 radical (unpaired) electrons. The highest BCUT2D eigenvalue weighted by Gasteiger charge is 2.58. The van der Waals surface area contributed by atoms with Gasteiger partial charge in [0.1, 0.15) is 0 Å². The zero-order valence-electron chi connectivity index (χ0n) is 21.2. The molecule has 0 aromatic heterocycles. The molecule has 0 aromatic carbocycles. The third-order valence-corrected chi connectivity index (χ3v) is 10.7. The Morgan fingerprint density at radius 3 is 2.48 bits per heavy atom. The van der Waals surface area contributed by atoms with Crippen LogP contribution in [0.1, 0.15) is 92.9 Å². The van der Waals surface area contributed by atoms with E-state index in [1.54, 1.807) is 5.57 Å². The molecule has 3 saturated carbocycles. The minimum atomic E-state index is -0.0953. The number of aliphatic hydroxyl groups excluding tert-OH is 1. The van der Waals surface area contributed by atoms with Crippen LogP contribution < -0.4 is 0 Å².